The van der Waals surface area contributed by atoms with E-state index >= 15 is 0 Å². The summed E-state index contributed by atoms with van der Waals surface area (Å²) in [7, 11) is 0. The van der Waals surface area contributed by atoms with Crippen LogP contribution in [0.2, 0.25) is 0 Å². The number of alkyl halides is 3. The monoisotopic (exact) mass is 495 g/mol. The summed E-state index contributed by atoms with van der Waals surface area (Å²) in [5.74, 6) is 1.06. The van der Waals surface area contributed by atoms with Gasteiger partial charge in [-0.2, -0.15) is 13.2 Å². The first-order valence-corrected chi connectivity index (χ1v) is 11.6. The third kappa shape index (κ3) is 4.86. The molecule has 1 amide bonds. The number of amidine groups is 1. The SMILES string of the molecule is C[C@@H]1CN(C2=Nc3ccc(C(F)(F)F)cc3Oc3ccccc32)CCN1C(=O)OCc1ccccc1. The normalized spacial score (nSPS) is 17.3. The third-order valence-electron chi connectivity index (χ3n) is 6.23. The van der Waals surface area contributed by atoms with Crippen molar-refractivity contribution in [3.8, 4) is 11.5 Å². The number of ether oxygens (including phenoxy) is 2. The van der Waals surface area contributed by atoms with Crippen molar-refractivity contribution in [3.05, 3.63) is 89.5 Å². The molecule has 36 heavy (non-hydrogen) atoms. The Bertz CT molecular complexity index is 1290. The highest BCUT2D eigenvalue weighted by Gasteiger charge is 2.34. The summed E-state index contributed by atoms with van der Waals surface area (Å²) in [5, 5.41) is 0. The number of carbonyl (C=O) groups excluding carboxylic acids is 1. The number of para-hydroxylation sites is 1. The van der Waals surface area contributed by atoms with Gasteiger partial charge in [-0.15, -0.1) is 0 Å². The second-order valence-electron chi connectivity index (χ2n) is 8.74. The highest BCUT2D eigenvalue weighted by atomic mass is 19.4. The molecule has 1 fully saturated rings. The molecule has 0 spiro atoms. The van der Waals surface area contributed by atoms with Crippen LogP contribution in [0.3, 0.4) is 0 Å². The molecule has 0 aliphatic carbocycles. The maximum absolute atomic E-state index is 13.3. The van der Waals surface area contributed by atoms with Crippen LogP contribution in [-0.2, 0) is 17.5 Å². The van der Waals surface area contributed by atoms with Crippen LogP contribution in [0.25, 0.3) is 0 Å². The maximum atomic E-state index is 13.3. The predicted molar refractivity (Wildman–Crippen MR) is 129 cm³/mol. The van der Waals surface area contributed by atoms with Gasteiger partial charge in [0, 0.05) is 25.7 Å². The van der Waals surface area contributed by atoms with Gasteiger partial charge < -0.3 is 19.3 Å². The fourth-order valence-electron chi connectivity index (χ4n) is 4.36. The summed E-state index contributed by atoms with van der Waals surface area (Å²) in [6, 6.07) is 19.7. The Morgan fingerprint density at radius 2 is 1.78 bits per heavy atom. The van der Waals surface area contributed by atoms with E-state index in [1.54, 1.807) is 17.0 Å². The number of hydrogen-bond donors (Lipinski definition) is 0. The third-order valence-corrected chi connectivity index (χ3v) is 6.23. The van der Waals surface area contributed by atoms with Crippen molar-refractivity contribution >= 4 is 17.6 Å². The predicted octanol–water partition coefficient (Wildman–Crippen LogP) is 6.23. The number of aliphatic imine (C=N–C) groups is 1. The summed E-state index contributed by atoms with van der Waals surface area (Å²) in [5.41, 5.74) is 1.10. The van der Waals surface area contributed by atoms with E-state index in [1.165, 1.54) is 6.07 Å². The van der Waals surface area contributed by atoms with E-state index in [4.69, 9.17) is 14.5 Å². The van der Waals surface area contributed by atoms with Gasteiger partial charge in [-0.3, -0.25) is 0 Å². The number of fused-ring (bicyclic) bond motifs is 2. The van der Waals surface area contributed by atoms with Crippen LogP contribution in [0.15, 0.2) is 77.8 Å². The molecule has 0 radical (unpaired) electrons. The van der Waals surface area contributed by atoms with Crippen LogP contribution >= 0.6 is 0 Å². The van der Waals surface area contributed by atoms with Crippen molar-refractivity contribution < 1.29 is 27.4 Å². The quantitative estimate of drug-likeness (QED) is 0.423. The highest BCUT2D eigenvalue weighted by molar-refractivity contribution is 6.03. The average molecular weight is 496 g/mol. The van der Waals surface area contributed by atoms with Crippen LogP contribution in [-0.4, -0.2) is 47.4 Å². The molecule has 0 bridgehead atoms. The molecule has 0 aromatic heterocycles. The number of piperazine rings is 1. The van der Waals surface area contributed by atoms with Crippen molar-refractivity contribution in [2.45, 2.75) is 25.7 Å². The molecule has 0 N–H and O–H groups in total. The lowest BCUT2D eigenvalue weighted by molar-refractivity contribution is -0.137. The second-order valence-corrected chi connectivity index (χ2v) is 8.74. The average Bonchev–Trinajstić information content (AvgIpc) is 3.03. The Morgan fingerprint density at radius 3 is 2.53 bits per heavy atom. The zero-order chi connectivity index (χ0) is 25.3. The van der Waals surface area contributed by atoms with E-state index in [1.807, 2.05) is 54.3 Å². The first-order chi connectivity index (χ1) is 17.3. The first kappa shape index (κ1) is 23.7. The molecule has 5 rings (SSSR count). The molecule has 2 heterocycles. The minimum atomic E-state index is -4.49. The minimum absolute atomic E-state index is 0.0449. The van der Waals surface area contributed by atoms with E-state index in [0.29, 0.717) is 42.5 Å². The lowest BCUT2D eigenvalue weighted by Gasteiger charge is -2.40. The minimum Gasteiger partial charge on any atom is -0.454 e. The summed E-state index contributed by atoms with van der Waals surface area (Å²) < 4.78 is 51.2. The summed E-state index contributed by atoms with van der Waals surface area (Å²) in [4.78, 5) is 21.2. The largest absolute Gasteiger partial charge is 0.454 e. The van der Waals surface area contributed by atoms with Crippen molar-refractivity contribution in [1.82, 2.24) is 9.80 Å². The van der Waals surface area contributed by atoms with Crippen molar-refractivity contribution in [2.24, 2.45) is 4.99 Å². The Balaban J connectivity index is 1.37. The Hall–Kier alpha value is -4.01. The Morgan fingerprint density at radius 1 is 1.03 bits per heavy atom. The van der Waals surface area contributed by atoms with E-state index in [-0.39, 0.29) is 24.5 Å². The highest BCUT2D eigenvalue weighted by Crippen LogP contribution is 2.42. The van der Waals surface area contributed by atoms with Crippen molar-refractivity contribution in [1.29, 1.82) is 0 Å². The number of benzene rings is 3. The zero-order valence-corrected chi connectivity index (χ0v) is 19.5. The summed E-state index contributed by atoms with van der Waals surface area (Å²) >= 11 is 0. The topological polar surface area (TPSA) is 54.4 Å². The Labute approximate surface area is 206 Å². The standard InChI is InChI=1S/C27H24F3N3O3/c1-18-16-32(13-14-33(18)26(34)35-17-19-7-3-2-4-8-19)25-21-9-5-6-10-23(21)36-24-15-20(27(28,29)30)11-12-22(24)31-25/h2-12,15,18H,13-14,16-17H2,1H3/t18-/m1/s1. The van der Waals surface area contributed by atoms with Gasteiger partial charge in [0.05, 0.1) is 11.1 Å². The summed E-state index contributed by atoms with van der Waals surface area (Å²) in [6.07, 6.45) is -4.87. The number of nitrogens with zero attached hydrogens (tertiary/aromatic N) is 3. The molecule has 0 saturated carbocycles. The van der Waals surface area contributed by atoms with Gasteiger partial charge in [-0.25, -0.2) is 9.79 Å². The molecule has 1 atom stereocenters. The van der Waals surface area contributed by atoms with Crippen molar-refractivity contribution in [2.75, 3.05) is 19.6 Å². The number of halogens is 3. The fourth-order valence-corrected chi connectivity index (χ4v) is 4.36. The van der Waals surface area contributed by atoms with Gasteiger partial charge in [0.15, 0.2) is 5.75 Å². The molecule has 0 unspecified atom stereocenters. The molecule has 186 valence electrons. The van der Waals surface area contributed by atoms with Gasteiger partial charge in [-0.1, -0.05) is 42.5 Å². The van der Waals surface area contributed by atoms with Crippen LogP contribution < -0.4 is 4.74 Å². The van der Waals surface area contributed by atoms with Gasteiger partial charge >= 0.3 is 12.3 Å². The van der Waals surface area contributed by atoms with Gasteiger partial charge in [0.25, 0.3) is 0 Å². The maximum Gasteiger partial charge on any atom is 0.416 e. The molecule has 2 aliphatic rings. The number of rotatable bonds is 2. The van der Waals surface area contributed by atoms with Crippen LogP contribution in [0, 0.1) is 0 Å². The van der Waals surface area contributed by atoms with Crippen LogP contribution in [0.4, 0.5) is 23.7 Å². The van der Waals surface area contributed by atoms with Gasteiger partial charge in [0.2, 0.25) is 0 Å². The van der Waals surface area contributed by atoms with E-state index in [2.05, 4.69) is 0 Å². The number of hydrogen-bond acceptors (Lipinski definition) is 5. The molecule has 9 heteroatoms. The molecule has 1 saturated heterocycles. The van der Waals surface area contributed by atoms with Gasteiger partial charge in [0.1, 0.15) is 23.9 Å². The lowest BCUT2D eigenvalue weighted by Crippen LogP contribution is -2.55. The molecule has 6 nitrogen and oxygen atoms in total. The van der Waals surface area contributed by atoms with Crippen LogP contribution in [0.5, 0.6) is 11.5 Å². The van der Waals surface area contributed by atoms with Gasteiger partial charge in [-0.05, 0) is 42.8 Å². The second kappa shape index (κ2) is 9.56. The molecule has 3 aromatic rings. The molecular formula is C27H24F3N3O3. The van der Waals surface area contributed by atoms with E-state index < -0.39 is 11.7 Å². The van der Waals surface area contributed by atoms with E-state index in [0.717, 1.165) is 17.7 Å². The number of amides is 1. The lowest BCUT2D eigenvalue weighted by atomic mass is 10.1. The van der Waals surface area contributed by atoms with E-state index in [9.17, 15) is 18.0 Å². The summed E-state index contributed by atoms with van der Waals surface area (Å²) in [6.45, 7) is 3.49. The first-order valence-electron chi connectivity index (χ1n) is 11.6. The molecule has 3 aromatic carbocycles. The van der Waals surface area contributed by atoms with Crippen molar-refractivity contribution in [3.63, 3.8) is 0 Å². The van der Waals surface area contributed by atoms with Crippen LogP contribution in [0.1, 0.15) is 23.6 Å². The number of carbonyl (C=O) groups is 1. The Kier molecular flexibility index (Phi) is 6.30. The molecular weight excluding hydrogens is 471 g/mol. The zero-order valence-electron chi connectivity index (χ0n) is 19.5. The molecule has 2 aliphatic heterocycles. The smallest absolute Gasteiger partial charge is 0.416 e. The fraction of sp³-hybridized carbons (Fsp3) is 0.259.